The van der Waals surface area contributed by atoms with Gasteiger partial charge in [0, 0.05) is 23.9 Å². The lowest BCUT2D eigenvalue weighted by Gasteiger charge is -2.44. The molecule has 1 aromatic carbocycles. The fraction of sp³-hybridized carbons (Fsp3) is 0.615. The fourth-order valence-electron chi connectivity index (χ4n) is 4.74. The number of aromatic nitrogens is 1. The Bertz CT molecular complexity index is 1170. The van der Waals surface area contributed by atoms with Crippen LogP contribution in [0.3, 0.4) is 0 Å². The maximum absolute atomic E-state index is 11.7. The molecule has 0 unspecified atom stereocenters. The molecule has 1 aliphatic carbocycles. The van der Waals surface area contributed by atoms with Crippen LogP contribution in [-0.2, 0) is 21.4 Å². The van der Waals surface area contributed by atoms with Gasteiger partial charge in [-0.3, -0.25) is 14.9 Å². The van der Waals surface area contributed by atoms with Crippen molar-refractivity contribution in [2.45, 2.75) is 91.1 Å². The zero-order valence-electron chi connectivity index (χ0n) is 22.5. The van der Waals surface area contributed by atoms with E-state index in [1.165, 1.54) is 11.3 Å². The Kier molecular flexibility index (Phi) is 7.60. The minimum Gasteiger partial charge on any atom is -0.481 e. The van der Waals surface area contributed by atoms with Crippen molar-refractivity contribution >= 4 is 31.3 Å². The second-order valence-corrected chi connectivity index (χ2v) is 18.1. The summed E-state index contributed by atoms with van der Waals surface area (Å²) in [6, 6.07) is 3.13. The maximum atomic E-state index is 11.7. The summed E-state index contributed by atoms with van der Waals surface area (Å²) in [4.78, 5) is 28.3. The lowest BCUT2D eigenvalue weighted by molar-refractivity contribution is -0.384. The van der Waals surface area contributed by atoms with Crippen molar-refractivity contribution in [1.82, 2.24) is 4.98 Å². The Morgan fingerprint density at radius 2 is 1.97 bits per heavy atom. The van der Waals surface area contributed by atoms with Gasteiger partial charge in [-0.25, -0.2) is 4.98 Å². The molecular weight excluding hydrogens is 496 g/mol. The van der Waals surface area contributed by atoms with Gasteiger partial charge in [-0.15, -0.1) is 11.3 Å². The molecule has 3 rings (SSSR count). The zero-order chi connectivity index (χ0) is 27.3. The topological polar surface area (TPSA) is 123 Å². The first-order chi connectivity index (χ1) is 16.4. The number of aliphatic hydroxyl groups is 1. The van der Waals surface area contributed by atoms with Crippen molar-refractivity contribution in [3.05, 3.63) is 44.6 Å². The van der Waals surface area contributed by atoms with Crippen LogP contribution in [-0.4, -0.2) is 34.4 Å². The van der Waals surface area contributed by atoms with E-state index >= 15 is 0 Å². The van der Waals surface area contributed by atoms with Gasteiger partial charge in [-0.05, 0) is 60.9 Å². The summed E-state index contributed by atoms with van der Waals surface area (Å²) in [6.07, 6.45) is 2.60. The number of nitro benzene ring substituents is 1. The molecule has 0 saturated heterocycles. The first-order valence-electron chi connectivity index (χ1n) is 12.2. The number of hydrogen-bond donors (Lipinski definition) is 2. The smallest absolute Gasteiger partial charge is 0.307 e. The van der Waals surface area contributed by atoms with E-state index in [9.17, 15) is 25.1 Å². The highest BCUT2D eigenvalue weighted by Gasteiger charge is 2.49. The minimum absolute atomic E-state index is 0.0128. The molecule has 0 radical (unpaired) electrons. The van der Waals surface area contributed by atoms with Crippen LogP contribution < -0.4 is 0 Å². The summed E-state index contributed by atoms with van der Waals surface area (Å²) in [5.74, 6) is -1.37. The molecule has 1 saturated carbocycles. The lowest BCUT2D eigenvalue weighted by atomic mass is 9.63. The second-order valence-electron chi connectivity index (χ2n) is 12.2. The predicted octanol–water partition coefficient (Wildman–Crippen LogP) is 6.65. The molecule has 2 N–H and O–H groups in total. The van der Waals surface area contributed by atoms with Crippen LogP contribution in [0.15, 0.2) is 18.3 Å². The highest BCUT2D eigenvalue weighted by atomic mass is 32.1. The van der Waals surface area contributed by atoms with E-state index < -0.39 is 36.1 Å². The van der Waals surface area contributed by atoms with E-state index in [1.807, 2.05) is 20.8 Å². The maximum Gasteiger partial charge on any atom is 0.307 e. The van der Waals surface area contributed by atoms with E-state index in [-0.39, 0.29) is 23.8 Å². The van der Waals surface area contributed by atoms with Crippen molar-refractivity contribution in [2.24, 2.45) is 11.3 Å². The average molecular weight is 535 g/mol. The van der Waals surface area contributed by atoms with Gasteiger partial charge in [0.15, 0.2) is 8.32 Å². The van der Waals surface area contributed by atoms with E-state index in [0.717, 1.165) is 16.0 Å². The molecule has 8 nitrogen and oxygen atoms in total. The number of nitrogens with zero attached hydrogens (tertiary/aromatic N) is 2. The average Bonchev–Trinajstić information content (AvgIpc) is 3.22. The summed E-state index contributed by atoms with van der Waals surface area (Å²) in [5, 5.41) is 33.3. The van der Waals surface area contributed by atoms with Gasteiger partial charge in [0.2, 0.25) is 0 Å². The summed E-state index contributed by atoms with van der Waals surface area (Å²) in [5.41, 5.74) is 0.504. The van der Waals surface area contributed by atoms with Crippen LogP contribution in [0.4, 0.5) is 5.69 Å². The molecule has 1 aliphatic rings. The third kappa shape index (κ3) is 5.56. The van der Waals surface area contributed by atoms with Crippen LogP contribution >= 0.6 is 11.3 Å². The van der Waals surface area contributed by atoms with Gasteiger partial charge in [-0.2, -0.15) is 0 Å². The zero-order valence-corrected chi connectivity index (χ0v) is 24.3. The number of carboxylic acids is 1. The van der Waals surface area contributed by atoms with Gasteiger partial charge in [0.1, 0.15) is 10.6 Å². The molecule has 1 heterocycles. The molecule has 1 fully saturated rings. The first-order valence-corrected chi connectivity index (χ1v) is 15.9. The summed E-state index contributed by atoms with van der Waals surface area (Å²) in [7, 11) is -2.06. The number of rotatable bonds is 7. The van der Waals surface area contributed by atoms with Crippen LogP contribution in [0, 0.1) is 28.4 Å². The molecule has 198 valence electrons. The Labute approximate surface area is 218 Å². The summed E-state index contributed by atoms with van der Waals surface area (Å²) < 4.78 is 6.37. The Hall–Kier alpha value is -2.14. The molecule has 0 spiro atoms. The monoisotopic (exact) mass is 534 g/mol. The van der Waals surface area contributed by atoms with Crippen molar-refractivity contribution in [1.29, 1.82) is 0 Å². The van der Waals surface area contributed by atoms with Crippen molar-refractivity contribution in [3.63, 3.8) is 0 Å². The van der Waals surface area contributed by atoms with Crippen molar-refractivity contribution in [3.8, 4) is 10.4 Å². The van der Waals surface area contributed by atoms with Gasteiger partial charge >= 0.3 is 5.97 Å². The molecule has 0 amide bonds. The van der Waals surface area contributed by atoms with E-state index in [0.29, 0.717) is 23.4 Å². The summed E-state index contributed by atoms with van der Waals surface area (Å²) in [6.45, 7) is 16.7. The largest absolute Gasteiger partial charge is 0.481 e. The Balaban J connectivity index is 1.97. The fourth-order valence-corrected chi connectivity index (χ4v) is 6.79. The molecular formula is C26H38N2O6SSi. The van der Waals surface area contributed by atoms with Gasteiger partial charge in [-0.1, -0.05) is 34.6 Å². The lowest BCUT2D eigenvalue weighted by Crippen LogP contribution is -2.44. The van der Waals surface area contributed by atoms with Gasteiger partial charge < -0.3 is 14.6 Å². The molecule has 0 bridgehead atoms. The molecule has 10 heteroatoms. The molecule has 0 aliphatic heterocycles. The number of aliphatic carboxylic acids is 1. The van der Waals surface area contributed by atoms with Crippen LogP contribution in [0.1, 0.15) is 70.0 Å². The highest BCUT2D eigenvalue weighted by molar-refractivity contribution is 7.15. The highest BCUT2D eigenvalue weighted by Crippen LogP contribution is 2.51. The number of benzene rings is 1. The summed E-state index contributed by atoms with van der Waals surface area (Å²) >= 11 is 1.31. The van der Waals surface area contributed by atoms with Gasteiger partial charge in [0.25, 0.3) is 5.69 Å². The van der Waals surface area contributed by atoms with Crippen LogP contribution in [0.25, 0.3) is 10.4 Å². The molecule has 2 aromatic rings. The van der Waals surface area contributed by atoms with Crippen molar-refractivity contribution < 1.29 is 24.4 Å². The Morgan fingerprint density at radius 1 is 1.33 bits per heavy atom. The predicted molar refractivity (Wildman–Crippen MR) is 144 cm³/mol. The SMILES string of the molecule is Cc1c(CO[Si](C)(C)C(C)(C)C)cc([N+](=O)[O-])cc1-c1cnc([C@@]2(O)CC[C@H](C(=O)O)C(C)(C)C2)s1. The van der Waals surface area contributed by atoms with Gasteiger partial charge in [0.05, 0.1) is 22.3 Å². The van der Waals surface area contributed by atoms with E-state index in [4.69, 9.17) is 4.43 Å². The van der Waals surface area contributed by atoms with E-state index in [2.05, 4.69) is 38.8 Å². The first kappa shape index (κ1) is 28.4. The molecule has 36 heavy (non-hydrogen) atoms. The third-order valence-electron chi connectivity index (χ3n) is 8.11. The number of carbonyl (C=O) groups is 1. The number of hydrogen-bond acceptors (Lipinski definition) is 7. The number of non-ortho nitro benzene ring substituents is 1. The standard InChI is InChI=1S/C26H38N2O6SSi/c1-16-17(14-34-36(7,8)24(2,3)4)11-18(28(32)33)12-19(16)21-13-27-23(35-21)26(31)10-9-20(22(29)30)25(5,6)15-26/h11-13,20,31H,9-10,14-15H2,1-8H3,(H,29,30)/t20-,26-/m1/s1. The quantitative estimate of drug-likeness (QED) is 0.232. The Morgan fingerprint density at radius 3 is 2.50 bits per heavy atom. The number of carboxylic acid groups (broad SMARTS) is 1. The molecule has 1 aromatic heterocycles. The van der Waals surface area contributed by atoms with Crippen molar-refractivity contribution in [2.75, 3.05) is 0 Å². The van der Waals surface area contributed by atoms with E-state index in [1.54, 1.807) is 18.3 Å². The van der Waals surface area contributed by atoms with Crippen LogP contribution in [0.2, 0.25) is 18.1 Å². The van der Waals surface area contributed by atoms with Crippen LogP contribution in [0.5, 0.6) is 0 Å². The minimum atomic E-state index is -2.06. The third-order valence-corrected chi connectivity index (χ3v) is 13.8. The molecule has 2 atom stereocenters. The number of thiazole rings is 1. The second kappa shape index (κ2) is 9.63. The normalized spacial score (nSPS) is 22.4. The number of nitro groups is 1.